The van der Waals surface area contributed by atoms with Crippen LogP contribution >= 0.6 is 15.9 Å². The molecule has 1 aromatic heterocycles. The number of aromatic nitrogens is 2. The number of sulfone groups is 1. The van der Waals surface area contributed by atoms with Gasteiger partial charge in [-0.2, -0.15) is 4.98 Å². The Hall–Kier alpha value is -4.42. The first-order valence-corrected chi connectivity index (χ1v) is 14.8. The van der Waals surface area contributed by atoms with Gasteiger partial charge in [-0.3, -0.25) is 19.4 Å². The van der Waals surface area contributed by atoms with Crippen molar-refractivity contribution in [3.63, 3.8) is 0 Å². The van der Waals surface area contributed by atoms with E-state index in [1.807, 2.05) is 12.1 Å². The summed E-state index contributed by atoms with van der Waals surface area (Å²) >= 11 is 3.50. The van der Waals surface area contributed by atoms with Crippen molar-refractivity contribution in [2.75, 3.05) is 16.1 Å². The number of halogens is 1. The first-order valence-electron chi connectivity index (χ1n) is 12.1. The number of urea groups is 1. The van der Waals surface area contributed by atoms with Gasteiger partial charge in [0.25, 0.3) is 11.8 Å². The molecule has 6 rings (SSSR count). The summed E-state index contributed by atoms with van der Waals surface area (Å²) in [6.45, 7) is 0.105. The molecule has 2 aliphatic heterocycles. The van der Waals surface area contributed by atoms with Gasteiger partial charge in [-0.1, -0.05) is 36.4 Å². The molecule has 4 aromatic rings. The predicted octanol–water partition coefficient (Wildman–Crippen LogP) is 4.72. The van der Waals surface area contributed by atoms with Gasteiger partial charge in [0.15, 0.2) is 5.82 Å². The van der Waals surface area contributed by atoms with Gasteiger partial charge in [-0.25, -0.2) is 23.1 Å². The third-order valence-corrected chi connectivity index (χ3v) is 8.18. The number of para-hydroxylation sites is 1. The highest BCUT2D eigenvalue weighted by molar-refractivity contribution is 9.10. The van der Waals surface area contributed by atoms with Gasteiger partial charge in [0.2, 0.25) is 15.0 Å². The molecule has 0 bridgehead atoms. The van der Waals surface area contributed by atoms with Crippen molar-refractivity contribution in [1.82, 2.24) is 14.9 Å². The maximum absolute atomic E-state index is 14.0. The second-order valence-corrected chi connectivity index (χ2v) is 12.1. The molecule has 0 atom stereocenters. The lowest BCUT2D eigenvalue weighted by Gasteiger charge is -2.36. The van der Waals surface area contributed by atoms with Gasteiger partial charge < -0.3 is 0 Å². The Morgan fingerprint density at radius 2 is 1.57 bits per heavy atom. The molecule has 4 amide bonds. The molecule has 0 spiro atoms. The molecule has 2 aliphatic rings. The number of hydrogen-bond acceptors (Lipinski definition) is 7. The largest absolute Gasteiger partial charge is 0.335 e. The number of benzene rings is 3. The zero-order chi connectivity index (χ0) is 28.2. The summed E-state index contributed by atoms with van der Waals surface area (Å²) in [5, 5.41) is -0.402. The van der Waals surface area contributed by atoms with Crippen LogP contribution in [0.3, 0.4) is 0 Å². The normalized spacial score (nSPS) is 14.9. The Morgan fingerprint density at radius 3 is 2.25 bits per heavy atom. The van der Waals surface area contributed by atoms with Gasteiger partial charge >= 0.3 is 6.03 Å². The molecule has 0 radical (unpaired) electrons. The van der Waals surface area contributed by atoms with Crippen molar-refractivity contribution >= 4 is 60.8 Å². The van der Waals surface area contributed by atoms with Crippen molar-refractivity contribution in [2.24, 2.45) is 0 Å². The standard InChI is InChI=1S/C28H20BrN5O5S/c1-40(38,39)27-30-14-18-16-32(23-12-5-4-11-22(23)29)28(37)34(24(18)31-27)19-8-6-7-17(13-19)15-33-25(35)20-9-2-3-10-21(20)26(33)36/h2-14H,15-16H2,1H3. The van der Waals surface area contributed by atoms with Crippen LogP contribution in [0.4, 0.5) is 22.0 Å². The first kappa shape index (κ1) is 25.8. The van der Waals surface area contributed by atoms with Gasteiger partial charge in [0, 0.05) is 22.5 Å². The Balaban J connectivity index is 1.42. The number of fused-ring (bicyclic) bond motifs is 2. The van der Waals surface area contributed by atoms with E-state index in [0.717, 1.165) is 11.2 Å². The third kappa shape index (κ3) is 4.34. The Bertz CT molecular complexity index is 1810. The molecule has 0 N–H and O–H groups in total. The van der Waals surface area contributed by atoms with Gasteiger partial charge in [0.1, 0.15) is 0 Å². The quantitative estimate of drug-likeness (QED) is 0.235. The maximum atomic E-state index is 14.0. The second kappa shape index (κ2) is 9.65. The van der Waals surface area contributed by atoms with Crippen molar-refractivity contribution in [3.8, 4) is 0 Å². The molecule has 3 aromatic carbocycles. The van der Waals surface area contributed by atoms with Crippen molar-refractivity contribution in [2.45, 2.75) is 18.2 Å². The molecule has 0 unspecified atom stereocenters. The zero-order valence-electron chi connectivity index (χ0n) is 21.0. The first-order chi connectivity index (χ1) is 19.1. The minimum atomic E-state index is -3.76. The fourth-order valence-corrected chi connectivity index (χ4v) is 5.76. The van der Waals surface area contributed by atoms with Crippen LogP contribution in [-0.2, 0) is 22.9 Å². The van der Waals surface area contributed by atoms with Crippen molar-refractivity contribution in [3.05, 3.63) is 106 Å². The highest BCUT2D eigenvalue weighted by atomic mass is 79.9. The summed E-state index contributed by atoms with van der Waals surface area (Å²) in [7, 11) is -3.76. The predicted molar refractivity (Wildman–Crippen MR) is 150 cm³/mol. The summed E-state index contributed by atoms with van der Waals surface area (Å²) in [5.74, 6) is -0.645. The Kier molecular flexibility index (Phi) is 6.23. The fourth-order valence-electron chi connectivity index (χ4n) is 4.77. The molecule has 3 heterocycles. The summed E-state index contributed by atoms with van der Waals surface area (Å²) in [4.78, 5) is 52.2. The smallest absolute Gasteiger partial charge is 0.288 e. The van der Waals surface area contributed by atoms with Crippen LogP contribution in [-0.4, -0.2) is 47.4 Å². The van der Waals surface area contributed by atoms with Crippen LogP contribution in [0.1, 0.15) is 31.8 Å². The van der Waals surface area contributed by atoms with Crippen LogP contribution < -0.4 is 9.80 Å². The monoisotopic (exact) mass is 617 g/mol. The average molecular weight is 618 g/mol. The van der Waals surface area contributed by atoms with E-state index < -0.39 is 32.8 Å². The second-order valence-electron chi connectivity index (χ2n) is 9.34. The van der Waals surface area contributed by atoms with Crippen molar-refractivity contribution < 1.29 is 22.8 Å². The lowest BCUT2D eigenvalue weighted by atomic mass is 10.1. The van der Waals surface area contributed by atoms with Crippen molar-refractivity contribution in [1.29, 1.82) is 0 Å². The number of amides is 4. The van der Waals surface area contributed by atoms with Crippen LogP contribution in [0.2, 0.25) is 0 Å². The zero-order valence-corrected chi connectivity index (χ0v) is 23.4. The summed E-state index contributed by atoms with van der Waals surface area (Å²) in [6, 6.07) is 20.2. The van der Waals surface area contributed by atoms with E-state index in [4.69, 9.17) is 0 Å². The van der Waals surface area contributed by atoms with E-state index in [0.29, 0.717) is 38.1 Å². The molecule has 10 nitrogen and oxygen atoms in total. The molecule has 0 saturated heterocycles. The third-order valence-electron chi connectivity index (χ3n) is 6.64. The van der Waals surface area contributed by atoms with Crippen LogP contribution in [0.5, 0.6) is 0 Å². The lowest BCUT2D eigenvalue weighted by Crippen LogP contribution is -2.46. The molecule has 0 aliphatic carbocycles. The van der Waals surface area contributed by atoms with Crippen LogP contribution in [0.25, 0.3) is 0 Å². The number of nitrogens with zero attached hydrogens (tertiary/aromatic N) is 5. The average Bonchev–Trinajstić information content (AvgIpc) is 3.17. The maximum Gasteiger partial charge on any atom is 0.335 e. The van der Waals surface area contributed by atoms with Gasteiger partial charge in [-0.05, 0) is 57.9 Å². The number of rotatable bonds is 5. The van der Waals surface area contributed by atoms with E-state index in [-0.39, 0.29) is 18.9 Å². The number of carbonyl (C=O) groups excluding carboxylic acids is 3. The molecule has 0 fully saturated rings. The Morgan fingerprint density at radius 1 is 0.900 bits per heavy atom. The number of imide groups is 1. The van der Waals surface area contributed by atoms with E-state index in [1.54, 1.807) is 60.7 Å². The van der Waals surface area contributed by atoms with E-state index in [2.05, 4.69) is 25.9 Å². The van der Waals surface area contributed by atoms with Gasteiger partial charge in [-0.15, -0.1) is 0 Å². The number of anilines is 3. The summed E-state index contributed by atoms with van der Waals surface area (Å²) in [6.07, 6.45) is 2.41. The van der Waals surface area contributed by atoms with E-state index in [9.17, 15) is 22.8 Å². The van der Waals surface area contributed by atoms with Gasteiger partial charge in [0.05, 0.1) is 35.6 Å². The SMILES string of the molecule is CS(=O)(=O)c1ncc2c(n1)N(c1cccc(CN3C(=O)c4ccccc4C3=O)c1)C(=O)N(c1ccccc1Br)C2. The minimum Gasteiger partial charge on any atom is -0.288 e. The summed E-state index contributed by atoms with van der Waals surface area (Å²) < 4.78 is 25.2. The van der Waals surface area contributed by atoms with Crippen LogP contribution in [0, 0.1) is 0 Å². The summed E-state index contributed by atoms with van der Waals surface area (Å²) in [5.41, 5.74) is 2.81. The number of hydrogen-bond donors (Lipinski definition) is 0. The molecule has 12 heteroatoms. The molecular weight excluding hydrogens is 598 g/mol. The minimum absolute atomic E-state index is 0.0125. The molecule has 200 valence electrons. The molecule has 40 heavy (non-hydrogen) atoms. The van der Waals surface area contributed by atoms with Crippen LogP contribution in [0.15, 0.2) is 88.6 Å². The molecular formula is C28H20BrN5O5S. The van der Waals surface area contributed by atoms with E-state index in [1.165, 1.54) is 16.0 Å². The Labute approximate surface area is 237 Å². The molecule has 0 saturated carbocycles. The topological polar surface area (TPSA) is 121 Å². The highest BCUT2D eigenvalue weighted by Crippen LogP contribution is 2.38. The fraction of sp³-hybridized carbons (Fsp3) is 0.107. The van der Waals surface area contributed by atoms with E-state index >= 15 is 0 Å². The highest BCUT2D eigenvalue weighted by Gasteiger charge is 2.37. The number of carbonyl (C=O) groups is 3. The lowest BCUT2D eigenvalue weighted by molar-refractivity contribution is 0.0642.